The summed E-state index contributed by atoms with van der Waals surface area (Å²) in [6, 6.07) is 11.2. The minimum Gasteiger partial charge on any atom is -0.366 e. The SMILES string of the molecule is O=C(c1ccnc(NCc2ccc(Cl)cc2)c1)N1CCC2(CC1)OCCO2. The van der Waals surface area contributed by atoms with E-state index in [2.05, 4.69) is 10.3 Å². The topological polar surface area (TPSA) is 63.7 Å². The molecule has 6 nitrogen and oxygen atoms in total. The summed E-state index contributed by atoms with van der Waals surface area (Å²) in [5, 5.41) is 3.96. The molecular weight excluding hydrogens is 366 g/mol. The number of benzene rings is 1. The van der Waals surface area contributed by atoms with Gasteiger partial charge in [-0.2, -0.15) is 0 Å². The summed E-state index contributed by atoms with van der Waals surface area (Å²) in [6.07, 6.45) is 3.09. The van der Waals surface area contributed by atoms with Crippen molar-refractivity contribution < 1.29 is 14.3 Å². The van der Waals surface area contributed by atoms with E-state index in [1.807, 2.05) is 29.2 Å². The fourth-order valence-electron chi connectivity index (χ4n) is 3.47. The zero-order valence-corrected chi connectivity index (χ0v) is 15.7. The largest absolute Gasteiger partial charge is 0.366 e. The molecular formula is C20H22ClN3O3. The van der Waals surface area contributed by atoms with E-state index in [-0.39, 0.29) is 5.91 Å². The molecule has 2 saturated heterocycles. The van der Waals surface area contributed by atoms with Gasteiger partial charge < -0.3 is 19.7 Å². The lowest BCUT2D eigenvalue weighted by Gasteiger charge is -2.37. The molecule has 2 fully saturated rings. The highest BCUT2D eigenvalue weighted by molar-refractivity contribution is 6.30. The number of hydrogen-bond acceptors (Lipinski definition) is 5. The van der Waals surface area contributed by atoms with Crippen LogP contribution in [-0.2, 0) is 16.0 Å². The number of pyridine rings is 1. The van der Waals surface area contributed by atoms with Gasteiger partial charge in [-0.05, 0) is 29.8 Å². The highest BCUT2D eigenvalue weighted by atomic mass is 35.5. The molecule has 1 spiro atoms. The number of carbonyl (C=O) groups excluding carboxylic acids is 1. The summed E-state index contributed by atoms with van der Waals surface area (Å²) in [6.45, 7) is 3.16. The van der Waals surface area contributed by atoms with E-state index >= 15 is 0 Å². The van der Waals surface area contributed by atoms with Gasteiger partial charge in [0.25, 0.3) is 5.91 Å². The second-order valence-electron chi connectivity index (χ2n) is 6.81. The third kappa shape index (κ3) is 4.24. The first-order valence-corrected chi connectivity index (χ1v) is 9.53. The Morgan fingerprint density at radius 3 is 2.56 bits per heavy atom. The highest BCUT2D eigenvalue weighted by Gasteiger charge is 2.40. The number of amides is 1. The van der Waals surface area contributed by atoms with Crippen LogP contribution < -0.4 is 5.32 Å². The van der Waals surface area contributed by atoms with Gasteiger partial charge >= 0.3 is 0 Å². The zero-order chi connectivity index (χ0) is 18.7. The molecule has 2 aliphatic heterocycles. The molecule has 0 radical (unpaired) electrons. The number of likely N-dealkylation sites (tertiary alicyclic amines) is 1. The summed E-state index contributed by atoms with van der Waals surface area (Å²) in [5.74, 6) is 0.215. The molecule has 0 bridgehead atoms. The lowest BCUT2D eigenvalue weighted by atomic mass is 10.0. The van der Waals surface area contributed by atoms with E-state index in [0.717, 1.165) is 5.56 Å². The van der Waals surface area contributed by atoms with Crippen LogP contribution in [0.15, 0.2) is 42.6 Å². The molecule has 1 N–H and O–H groups in total. The number of piperidine rings is 1. The molecule has 1 amide bonds. The summed E-state index contributed by atoms with van der Waals surface area (Å²) in [7, 11) is 0. The summed E-state index contributed by atoms with van der Waals surface area (Å²) in [4.78, 5) is 19.0. The van der Waals surface area contributed by atoms with Gasteiger partial charge in [-0.15, -0.1) is 0 Å². The van der Waals surface area contributed by atoms with Crippen molar-refractivity contribution in [2.45, 2.75) is 25.2 Å². The summed E-state index contributed by atoms with van der Waals surface area (Å²) >= 11 is 5.91. The Morgan fingerprint density at radius 2 is 1.85 bits per heavy atom. The maximum atomic E-state index is 12.8. The number of ether oxygens (including phenoxy) is 2. The van der Waals surface area contributed by atoms with E-state index in [1.54, 1.807) is 18.3 Å². The smallest absolute Gasteiger partial charge is 0.254 e. The average molecular weight is 388 g/mol. The van der Waals surface area contributed by atoms with Crippen LogP contribution in [0.1, 0.15) is 28.8 Å². The van der Waals surface area contributed by atoms with Crippen LogP contribution in [0.5, 0.6) is 0 Å². The Hall–Kier alpha value is -2.15. The summed E-state index contributed by atoms with van der Waals surface area (Å²) in [5.41, 5.74) is 1.73. The third-order valence-electron chi connectivity index (χ3n) is 5.02. The number of rotatable bonds is 4. The van der Waals surface area contributed by atoms with Crippen LogP contribution in [0.2, 0.25) is 5.02 Å². The first kappa shape index (κ1) is 18.2. The Morgan fingerprint density at radius 1 is 1.15 bits per heavy atom. The van der Waals surface area contributed by atoms with Crippen molar-refractivity contribution in [2.24, 2.45) is 0 Å². The maximum absolute atomic E-state index is 12.8. The van der Waals surface area contributed by atoms with Gasteiger partial charge in [0.2, 0.25) is 0 Å². The van der Waals surface area contributed by atoms with Gasteiger partial charge in [-0.1, -0.05) is 23.7 Å². The van der Waals surface area contributed by atoms with E-state index in [0.29, 0.717) is 62.1 Å². The van der Waals surface area contributed by atoms with E-state index < -0.39 is 5.79 Å². The van der Waals surface area contributed by atoms with Crippen LogP contribution in [0.4, 0.5) is 5.82 Å². The predicted molar refractivity (Wildman–Crippen MR) is 103 cm³/mol. The van der Waals surface area contributed by atoms with Crippen LogP contribution in [-0.4, -0.2) is 47.9 Å². The van der Waals surface area contributed by atoms with E-state index in [1.165, 1.54) is 0 Å². The number of halogens is 1. The zero-order valence-electron chi connectivity index (χ0n) is 15.0. The molecule has 3 heterocycles. The molecule has 0 aliphatic carbocycles. The minimum atomic E-state index is -0.472. The van der Waals surface area contributed by atoms with Gasteiger partial charge in [-0.25, -0.2) is 4.98 Å². The fraction of sp³-hybridized carbons (Fsp3) is 0.400. The van der Waals surface area contributed by atoms with Gasteiger partial charge in [0.15, 0.2) is 5.79 Å². The number of hydrogen-bond donors (Lipinski definition) is 1. The fourth-order valence-corrected chi connectivity index (χ4v) is 3.60. The second kappa shape index (κ2) is 7.84. The minimum absolute atomic E-state index is 0.0137. The number of nitrogens with one attached hydrogen (secondary N) is 1. The van der Waals surface area contributed by atoms with Crippen LogP contribution >= 0.6 is 11.6 Å². The second-order valence-corrected chi connectivity index (χ2v) is 7.25. The first-order chi connectivity index (χ1) is 13.1. The number of aromatic nitrogens is 1. The molecule has 0 atom stereocenters. The molecule has 4 rings (SSSR count). The van der Waals surface area contributed by atoms with Gasteiger partial charge in [0.1, 0.15) is 5.82 Å². The van der Waals surface area contributed by atoms with Gasteiger partial charge in [-0.3, -0.25) is 4.79 Å². The highest BCUT2D eigenvalue weighted by Crippen LogP contribution is 2.31. The molecule has 142 valence electrons. The van der Waals surface area contributed by atoms with Gasteiger partial charge in [0, 0.05) is 49.3 Å². The van der Waals surface area contributed by atoms with Crippen molar-refractivity contribution in [1.29, 1.82) is 0 Å². The maximum Gasteiger partial charge on any atom is 0.254 e. The lowest BCUT2D eigenvalue weighted by Crippen LogP contribution is -2.47. The normalized spacial score (nSPS) is 18.6. The quantitative estimate of drug-likeness (QED) is 0.871. The summed E-state index contributed by atoms with van der Waals surface area (Å²) < 4.78 is 11.5. The van der Waals surface area contributed by atoms with Crippen LogP contribution in [0, 0.1) is 0 Å². The Labute approximate surface area is 163 Å². The number of anilines is 1. The van der Waals surface area contributed by atoms with Crippen molar-refractivity contribution in [3.63, 3.8) is 0 Å². The molecule has 1 aromatic heterocycles. The molecule has 1 aromatic carbocycles. The van der Waals surface area contributed by atoms with Gasteiger partial charge in [0.05, 0.1) is 13.2 Å². The van der Waals surface area contributed by atoms with E-state index in [9.17, 15) is 4.79 Å². The monoisotopic (exact) mass is 387 g/mol. The number of carbonyl (C=O) groups is 1. The Bertz CT molecular complexity index is 796. The standard InChI is InChI=1S/C20H22ClN3O3/c21-17-3-1-15(2-4-17)14-23-18-13-16(5-8-22-18)19(25)24-9-6-20(7-10-24)26-11-12-27-20/h1-5,8,13H,6-7,9-12,14H2,(H,22,23). The predicted octanol–water partition coefficient (Wildman–Crippen LogP) is 3.33. The van der Waals surface area contributed by atoms with Crippen molar-refractivity contribution in [3.8, 4) is 0 Å². The third-order valence-corrected chi connectivity index (χ3v) is 5.27. The molecule has 2 aliphatic rings. The average Bonchev–Trinajstić information content (AvgIpc) is 3.16. The lowest BCUT2D eigenvalue weighted by molar-refractivity contribution is -0.181. The van der Waals surface area contributed by atoms with Crippen molar-refractivity contribution in [3.05, 3.63) is 58.7 Å². The molecule has 0 unspecified atom stereocenters. The Balaban J connectivity index is 1.37. The van der Waals surface area contributed by atoms with Crippen molar-refractivity contribution in [2.75, 3.05) is 31.6 Å². The Kier molecular flexibility index (Phi) is 5.29. The molecule has 27 heavy (non-hydrogen) atoms. The van der Waals surface area contributed by atoms with Crippen LogP contribution in [0.25, 0.3) is 0 Å². The van der Waals surface area contributed by atoms with E-state index in [4.69, 9.17) is 21.1 Å². The molecule has 7 heteroatoms. The molecule has 2 aromatic rings. The molecule has 0 saturated carbocycles. The van der Waals surface area contributed by atoms with Crippen LogP contribution in [0.3, 0.4) is 0 Å². The van der Waals surface area contributed by atoms with Crippen molar-refractivity contribution in [1.82, 2.24) is 9.88 Å². The first-order valence-electron chi connectivity index (χ1n) is 9.15. The van der Waals surface area contributed by atoms with Crippen molar-refractivity contribution >= 4 is 23.3 Å². The number of nitrogens with zero attached hydrogens (tertiary/aromatic N) is 2.